The van der Waals surface area contributed by atoms with E-state index in [0.29, 0.717) is 0 Å². The molecule has 9 aromatic carbocycles. The van der Waals surface area contributed by atoms with Gasteiger partial charge in [0.2, 0.25) is 0 Å². The largest absolute Gasteiger partial charge is 0.456 e. The van der Waals surface area contributed by atoms with E-state index in [9.17, 15) is 0 Å². The molecule has 0 spiro atoms. The number of fused-ring (bicyclic) bond motifs is 7. The maximum absolute atomic E-state index is 6.64. The molecule has 2 aromatic heterocycles. The molecule has 1 aliphatic heterocycles. The number of aromatic nitrogens is 1. The Bertz CT molecular complexity index is 3800. The normalized spacial score (nSPS) is 15.8. The molecule has 67 heavy (non-hydrogen) atoms. The highest BCUT2D eigenvalue weighted by Gasteiger charge is 2.29. The molecule has 13 rings (SSSR count). The van der Waals surface area contributed by atoms with Gasteiger partial charge in [-0.05, 0) is 69.6 Å². The van der Waals surface area contributed by atoms with Crippen LogP contribution in [0.4, 0.5) is 0 Å². The van der Waals surface area contributed by atoms with E-state index in [0.717, 1.165) is 95.4 Å². The van der Waals surface area contributed by atoms with Gasteiger partial charge in [-0.25, -0.2) is 15.0 Å². The summed E-state index contributed by atoms with van der Waals surface area (Å²) in [5, 5.41) is 9.29. The summed E-state index contributed by atoms with van der Waals surface area (Å²) in [7, 11) is 0. The monoisotopic (exact) mass is 858 g/mol. The standard InChI is InChI=1S/C62H42N4O/c1-4-17-39(18-5-1)44-23-16-24-45(37-44)61-64-60(43-21-8-3-9-22-43)65-62(66-61)49-36-35-46(47-25-10-11-26-48(47)49)40-31-33-42(34-32-40)59-52-38-55-58(51-28-13-15-30-54(51)67-55)56(41-19-6-2-7-20-41)57(52)50-27-12-14-29-53(50)63-59/h1-34,36-38,46,61H,35H2,(H,64,65,66). The van der Waals surface area contributed by atoms with Crippen LogP contribution in [0.3, 0.4) is 0 Å². The second-order valence-electron chi connectivity index (χ2n) is 17.4. The number of hydrogen-bond donors (Lipinski definition) is 1. The van der Waals surface area contributed by atoms with Crippen LogP contribution < -0.4 is 5.32 Å². The number of pyridine rings is 1. The summed E-state index contributed by atoms with van der Waals surface area (Å²) in [6.45, 7) is 0. The molecule has 0 saturated carbocycles. The van der Waals surface area contributed by atoms with Gasteiger partial charge in [0, 0.05) is 55.1 Å². The molecule has 11 aromatic rings. The first kappa shape index (κ1) is 38.8. The van der Waals surface area contributed by atoms with Crippen LogP contribution in [-0.2, 0) is 0 Å². The molecule has 2 aliphatic rings. The van der Waals surface area contributed by atoms with Crippen molar-refractivity contribution in [2.75, 3.05) is 0 Å². The first-order valence-corrected chi connectivity index (χ1v) is 23.0. The molecule has 0 fully saturated rings. The summed E-state index contributed by atoms with van der Waals surface area (Å²) in [4.78, 5) is 16.0. The van der Waals surface area contributed by atoms with E-state index in [-0.39, 0.29) is 5.92 Å². The van der Waals surface area contributed by atoms with Crippen LogP contribution in [0, 0.1) is 0 Å². The van der Waals surface area contributed by atoms with Crippen molar-refractivity contribution >= 4 is 60.9 Å². The minimum atomic E-state index is -0.417. The van der Waals surface area contributed by atoms with E-state index in [1.165, 1.54) is 33.2 Å². The van der Waals surface area contributed by atoms with Crippen molar-refractivity contribution in [2.24, 2.45) is 9.98 Å². The topological polar surface area (TPSA) is 62.8 Å². The molecule has 316 valence electrons. The van der Waals surface area contributed by atoms with Gasteiger partial charge in [-0.1, -0.05) is 200 Å². The summed E-state index contributed by atoms with van der Waals surface area (Å²) in [5.74, 6) is 1.79. The van der Waals surface area contributed by atoms with E-state index in [1.54, 1.807) is 0 Å². The maximum Gasteiger partial charge on any atom is 0.169 e. The lowest BCUT2D eigenvalue weighted by atomic mass is 9.78. The molecule has 2 atom stereocenters. The molecule has 5 nitrogen and oxygen atoms in total. The first-order chi connectivity index (χ1) is 33.2. The van der Waals surface area contributed by atoms with Gasteiger partial charge in [-0.2, -0.15) is 0 Å². The molecule has 0 saturated heterocycles. The molecule has 1 aliphatic carbocycles. The van der Waals surface area contributed by atoms with E-state index in [1.807, 2.05) is 12.1 Å². The van der Waals surface area contributed by atoms with Crippen molar-refractivity contribution in [1.82, 2.24) is 10.3 Å². The molecule has 0 bridgehead atoms. The summed E-state index contributed by atoms with van der Waals surface area (Å²) in [6.07, 6.45) is 2.76. The third-order valence-electron chi connectivity index (χ3n) is 13.5. The molecule has 5 heteroatoms. The Morgan fingerprint density at radius 3 is 1.91 bits per heavy atom. The predicted molar refractivity (Wildman–Crippen MR) is 276 cm³/mol. The fourth-order valence-corrected chi connectivity index (χ4v) is 10.4. The van der Waals surface area contributed by atoms with Crippen molar-refractivity contribution in [1.29, 1.82) is 0 Å². The molecule has 2 unspecified atom stereocenters. The van der Waals surface area contributed by atoms with Crippen molar-refractivity contribution < 1.29 is 4.42 Å². The highest BCUT2D eigenvalue weighted by Crippen LogP contribution is 2.47. The van der Waals surface area contributed by atoms with E-state index in [4.69, 9.17) is 19.4 Å². The Balaban J connectivity index is 0.896. The van der Waals surface area contributed by atoms with Gasteiger partial charge in [-0.15, -0.1) is 0 Å². The lowest BCUT2D eigenvalue weighted by Gasteiger charge is -2.29. The van der Waals surface area contributed by atoms with Gasteiger partial charge in [-0.3, -0.25) is 0 Å². The van der Waals surface area contributed by atoms with Gasteiger partial charge in [0.05, 0.1) is 11.2 Å². The Kier molecular flexibility index (Phi) is 9.31. The van der Waals surface area contributed by atoms with Gasteiger partial charge >= 0.3 is 0 Å². The summed E-state index contributed by atoms with van der Waals surface area (Å²) < 4.78 is 6.64. The third-order valence-corrected chi connectivity index (χ3v) is 13.5. The maximum atomic E-state index is 6.64. The summed E-state index contributed by atoms with van der Waals surface area (Å²) >= 11 is 0. The second kappa shape index (κ2) is 16.1. The fraction of sp³-hybridized carbons (Fsp3) is 0.0484. The number of benzene rings is 9. The van der Waals surface area contributed by atoms with Crippen molar-refractivity contribution in [3.8, 4) is 33.5 Å². The van der Waals surface area contributed by atoms with Gasteiger partial charge < -0.3 is 9.73 Å². The number of rotatable bonds is 7. The number of aliphatic imine (C=N–C) groups is 2. The minimum absolute atomic E-state index is 0.153. The zero-order chi connectivity index (χ0) is 44.3. The smallest absolute Gasteiger partial charge is 0.169 e. The molecular weight excluding hydrogens is 817 g/mol. The Hall–Kier alpha value is -8.67. The lowest BCUT2D eigenvalue weighted by molar-refractivity contribution is 0.669. The van der Waals surface area contributed by atoms with Crippen molar-refractivity contribution in [2.45, 2.75) is 18.5 Å². The van der Waals surface area contributed by atoms with E-state index in [2.05, 4.69) is 218 Å². The zero-order valence-electron chi connectivity index (χ0n) is 36.5. The predicted octanol–water partition coefficient (Wildman–Crippen LogP) is 15.4. The number of amidine groups is 2. The minimum Gasteiger partial charge on any atom is -0.456 e. The van der Waals surface area contributed by atoms with Crippen LogP contribution in [0.5, 0.6) is 0 Å². The Labute approximate surface area is 388 Å². The second-order valence-corrected chi connectivity index (χ2v) is 17.4. The van der Waals surface area contributed by atoms with Crippen LogP contribution >= 0.6 is 0 Å². The SMILES string of the molecule is C1=C(C2=NC(c3cccc(-c4ccccc4)c3)N=C(c3ccccc3)N2)c2ccccc2C(c2ccc(-c3nc4ccccc4c4c(-c5ccccc5)c5c(cc34)oc3ccccc35)cc2)C1. The molecule has 1 N–H and O–H groups in total. The highest BCUT2D eigenvalue weighted by atomic mass is 16.3. The van der Waals surface area contributed by atoms with Crippen molar-refractivity contribution in [3.05, 3.63) is 252 Å². The van der Waals surface area contributed by atoms with Crippen LogP contribution in [-0.4, -0.2) is 16.7 Å². The first-order valence-electron chi connectivity index (χ1n) is 23.0. The number of allylic oxidation sites excluding steroid dienone is 1. The van der Waals surface area contributed by atoms with Gasteiger partial charge in [0.1, 0.15) is 22.8 Å². The Morgan fingerprint density at radius 1 is 0.448 bits per heavy atom. The highest BCUT2D eigenvalue weighted by molar-refractivity contribution is 6.30. The van der Waals surface area contributed by atoms with Crippen LogP contribution in [0.25, 0.3) is 82.7 Å². The molecule has 3 heterocycles. The summed E-state index contributed by atoms with van der Waals surface area (Å²) in [5.41, 5.74) is 16.2. The van der Waals surface area contributed by atoms with E-state index < -0.39 is 6.17 Å². The molecule has 0 radical (unpaired) electrons. The molecule has 0 amide bonds. The van der Waals surface area contributed by atoms with Crippen LogP contribution in [0.15, 0.2) is 239 Å². The Morgan fingerprint density at radius 2 is 1.10 bits per heavy atom. The van der Waals surface area contributed by atoms with Gasteiger partial charge in [0.15, 0.2) is 6.17 Å². The summed E-state index contributed by atoms with van der Waals surface area (Å²) in [6, 6.07) is 77.2. The number of nitrogens with zero attached hydrogens (tertiary/aromatic N) is 3. The van der Waals surface area contributed by atoms with Crippen LogP contribution in [0.2, 0.25) is 0 Å². The molecular formula is C62H42N4O. The fourth-order valence-electron chi connectivity index (χ4n) is 10.4. The van der Waals surface area contributed by atoms with Crippen LogP contribution in [0.1, 0.15) is 46.3 Å². The number of nitrogens with one attached hydrogen (secondary N) is 1. The average Bonchev–Trinajstić information content (AvgIpc) is 3.78. The van der Waals surface area contributed by atoms with Gasteiger partial charge in [0.25, 0.3) is 0 Å². The number of hydrogen-bond acceptors (Lipinski definition) is 5. The number of para-hydroxylation sites is 2. The van der Waals surface area contributed by atoms with Crippen molar-refractivity contribution in [3.63, 3.8) is 0 Å². The lowest BCUT2D eigenvalue weighted by Crippen LogP contribution is -2.36. The third kappa shape index (κ3) is 6.74. The quantitative estimate of drug-likeness (QED) is 0.162. The number of furan rings is 1. The average molecular weight is 859 g/mol. The van der Waals surface area contributed by atoms with E-state index >= 15 is 0 Å². The zero-order valence-corrected chi connectivity index (χ0v) is 36.5.